The predicted molar refractivity (Wildman–Crippen MR) is 127 cm³/mol. The van der Waals surface area contributed by atoms with Crippen LogP contribution in [0.25, 0.3) is 0 Å². The van der Waals surface area contributed by atoms with Crippen LogP contribution in [-0.2, 0) is 14.3 Å². The molecule has 0 bridgehead atoms. The molecule has 2 aromatic rings. The van der Waals surface area contributed by atoms with Gasteiger partial charge in [-0.15, -0.1) is 0 Å². The molecule has 4 amide bonds. The van der Waals surface area contributed by atoms with Crippen LogP contribution in [0.4, 0.5) is 11.4 Å². The number of amides is 4. The Morgan fingerprint density at radius 2 is 1.66 bits per heavy atom. The van der Waals surface area contributed by atoms with Crippen molar-refractivity contribution in [3.63, 3.8) is 0 Å². The minimum atomic E-state index is -0.656. The number of imide groups is 1. The number of ether oxygens (including phenoxy) is 2. The van der Waals surface area contributed by atoms with Crippen LogP contribution in [-0.4, -0.2) is 85.5 Å². The van der Waals surface area contributed by atoms with E-state index >= 15 is 0 Å². The van der Waals surface area contributed by atoms with Gasteiger partial charge in [-0.3, -0.25) is 29.0 Å². The highest BCUT2D eigenvalue weighted by Gasteiger charge is 2.36. The number of carbonyl (C=O) groups is 4. The first-order valence-electron chi connectivity index (χ1n) is 11.6. The molecule has 0 radical (unpaired) electrons. The van der Waals surface area contributed by atoms with Crippen molar-refractivity contribution in [3.8, 4) is 5.75 Å². The highest BCUT2D eigenvalue weighted by molar-refractivity contribution is 6.22. The van der Waals surface area contributed by atoms with Gasteiger partial charge in [0.25, 0.3) is 17.7 Å². The molecule has 182 valence electrons. The maximum absolute atomic E-state index is 12.8. The standard InChI is InChI=1S/C25H26N4O6/c1-16-23(31)28(9-8-27-10-12-34-13-11-27)20-7-6-17(14-21(20)35-16)26-22(30)15-29-24(32)18-4-2-3-5-19(18)25(29)33/h2-7,14,16H,8-13,15H2,1H3,(H,26,30). The second-order valence-electron chi connectivity index (χ2n) is 8.68. The van der Waals surface area contributed by atoms with E-state index in [1.807, 2.05) is 0 Å². The summed E-state index contributed by atoms with van der Waals surface area (Å²) in [4.78, 5) is 55.4. The van der Waals surface area contributed by atoms with Crippen LogP contribution in [0.3, 0.4) is 0 Å². The van der Waals surface area contributed by atoms with Crippen LogP contribution in [0, 0.1) is 0 Å². The summed E-state index contributed by atoms with van der Waals surface area (Å²) in [5, 5.41) is 2.72. The monoisotopic (exact) mass is 478 g/mol. The number of nitrogens with zero attached hydrogens (tertiary/aromatic N) is 3. The number of carbonyl (C=O) groups excluding carboxylic acids is 4. The Labute approximate surface area is 202 Å². The smallest absolute Gasteiger partial charge is 0.267 e. The third-order valence-corrected chi connectivity index (χ3v) is 6.38. The van der Waals surface area contributed by atoms with Crippen molar-refractivity contribution in [2.45, 2.75) is 13.0 Å². The molecule has 3 aliphatic heterocycles. The molecule has 5 rings (SSSR count). The van der Waals surface area contributed by atoms with Gasteiger partial charge < -0.3 is 19.7 Å². The van der Waals surface area contributed by atoms with E-state index in [0.717, 1.165) is 24.5 Å². The fourth-order valence-electron chi connectivity index (χ4n) is 4.51. The first-order valence-corrected chi connectivity index (χ1v) is 11.6. The van der Waals surface area contributed by atoms with Crippen LogP contribution in [0.1, 0.15) is 27.6 Å². The van der Waals surface area contributed by atoms with Crippen LogP contribution < -0.4 is 15.0 Å². The maximum atomic E-state index is 12.8. The lowest BCUT2D eigenvalue weighted by atomic mass is 10.1. The number of rotatable bonds is 6. The summed E-state index contributed by atoms with van der Waals surface area (Å²) in [6.45, 7) is 5.58. The van der Waals surface area contributed by atoms with E-state index in [2.05, 4.69) is 10.2 Å². The van der Waals surface area contributed by atoms with Crippen LogP contribution in [0.2, 0.25) is 0 Å². The average molecular weight is 479 g/mol. The largest absolute Gasteiger partial charge is 0.479 e. The Hall–Kier alpha value is -3.76. The summed E-state index contributed by atoms with van der Waals surface area (Å²) in [6, 6.07) is 11.6. The molecule has 10 nitrogen and oxygen atoms in total. The summed E-state index contributed by atoms with van der Waals surface area (Å²) in [5.41, 5.74) is 1.67. The number of fused-ring (bicyclic) bond motifs is 2. The average Bonchev–Trinajstić information content (AvgIpc) is 3.10. The lowest BCUT2D eigenvalue weighted by molar-refractivity contribution is -0.125. The molecule has 35 heavy (non-hydrogen) atoms. The molecular formula is C25H26N4O6. The van der Waals surface area contributed by atoms with Crippen molar-refractivity contribution in [1.29, 1.82) is 0 Å². The predicted octanol–water partition coefficient (Wildman–Crippen LogP) is 1.37. The van der Waals surface area contributed by atoms with E-state index < -0.39 is 30.4 Å². The zero-order valence-corrected chi connectivity index (χ0v) is 19.4. The Bertz CT molecular complexity index is 1160. The van der Waals surface area contributed by atoms with Gasteiger partial charge in [0.05, 0.1) is 30.0 Å². The van der Waals surface area contributed by atoms with Gasteiger partial charge >= 0.3 is 0 Å². The fraction of sp³-hybridized carbons (Fsp3) is 0.360. The molecule has 1 atom stereocenters. The summed E-state index contributed by atoms with van der Waals surface area (Å²) in [5.74, 6) is -1.12. The van der Waals surface area contributed by atoms with Crippen molar-refractivity contribution in [1.82, 2.24) is 9.80 Å². The molecule has 3 aliphatic rings. The summed E-state index contributed by atoms with van der Waals surface area (Å²) in [6.07, 6.45) is -0.656. The molecular weight excluding hydrogens is 452 g/mol. The first kappa shape index (κ1) is 23.0. The molecule has 1 N–H and O–H groups in total. The van der Waals surface area contributed by atoms with Gasteiger partial charge in [0, 0.05) is 37.9 Å². The number of morpholine rings is 1. The summed E-state index contributed by atoms with van der Waals surface area (Å²) >= 11 is 0. The van der Waals surface area contributed by atoms with Crippen LogP contribution in [0.15, 0.2) is 42.5 Å². The van der Waals surface area contributed by atoms with Crippen molar-refractivity contribution >= 4 is 35.0 Å². The van der Waals surface area contributed by atoms with Gasteiger partial charge in [-0.1, -0.05) is 12.1 Å². The van der Waals surface area contributed by atoms with Gasteiger partial charge in [0.2, 0.25) is 5.91 Å². The normalized spacial score (nSPS) is 19.9. The molecule has 0 aliphatic carbocycles. The van der Waals surface area contributed by atoms with E-state index in [4.69, 9.17) is 9.47 Å². The van der Waals surface area contributed by atoms with E-state index in [0.29, 0.717) is 48.0 Å². The highest BCUT2D eigenvalue weighted by Crippen LogP contribution is 2.36. The Morgan fingerprint density at radius 3 is 2.34 bits per heavy atom. The van der Waals surface area contributed by atoms with Gasteiger partial charge in [-0.05, 0) is 31.2 Å². The fourth-order valence-corrected chi connectivity index (χ4v) is 4.51. The third kappa shape index (κ3) is 4.50. The van der Waals surface area contributed by atoms with Crippen LogP contribution >= 0.6 is 0 Å². The maximum Gasteiger partial charge on any atom is 0.267 e. The van der Waals surface area contributed by atoms with Gasteiger partial charge in [-0.2, -0.15) is 0 Å². The van der Waals surface area contributed by atoms with E-state index in [-0.39, 0.29) is 5.91 Å². The Morgan fingerprint density at radius 1 is 0.971 bits per heavy atom. The molecule has 0 saturated carbocycles. The van der Waals surface area contributed by atoms with Crippen molar-refractivity contribution in [2.24, 2.45) is 0 Å². The molecule has 0 aromatic heterocycles. The summed E-state index contributed by atoms with van der Waals surface area (Å²) < 4.78 is 11.2. The summed E-state index contributed by atoms with van der Waals surface area (Å²) in [7, 11) is 0. The van der Waals surface area contributed by atoms with Gasteiger partial charge in [0.15, 0.2) is 6.10 Å². The first-order chi connectivity index (χ1) is 16.9. The molecule has 1 unspecified atom stereocenters. The van der Waals surface area contributed by atoms with E-state index in [9.17, 15) is 19.2 Å². The number of benzene rings is 2. The molecule has 2 aromatic carbocycles. The highest BCUT2D eigenvalue weighted by atomic mass is 16.5. The Kier molecular flexibility index (Phi) is 6.23. The zero-order chi connectivity index (χ0) is 24.5. The number of nitrogens with one attached hydrogen (secondary N) is 1. The van der Waals surface area contributed by atoms with Crippen molar-refractivity contribution in [3.05, 3.63) is 53.6 Å². The molecule has 1 saturated heterocycles. The molecule has 1 fully saturated rings. The minimum Gasteiger partial charge on any atom is -0.479 e. The van der Waals surface area contributed by atoms with Crippen molar-refractivity contribution < 1.29 is 28.7 Å². The number of anilines is 2. The Balaban J connectivity index is 1.26. The topological polar surface area (TPSA) is 108 Å². The second kappa shape index (κ2) is 9.47. The quantitative estimate of drug-likeness (QED) is 0.625. The second-order valence-corrected chi connectivity index (χ2v) is 8.68. The molecule has 10 heteroatoms. The SMILES string of the molecule is CC1Oc2cc(NC(=O)CN3C(=O)c4ccccc4C3=O)ccc2N(CCN2CCOCC2)C1=O. The molecule has 0 spiro atoms. The lowest BCUT2D eigenvalue weighted by Gasteiger charge is -2.35. The zero-order valence-electron chi connectivity index (χ0n) is 19.4. The van der Waals surface area contributed by atoms with Gasteiger partial charge in [-0.25, -0.2) is 0 Å². The van der Waals surface area contributed by atoms with Crippen LogP contribution in [0.5, 0.6) is 5.75 Å². The number of hydrogen-bond acceptors (Lipinski definition) is 7. The van der Waals surface area contributed by atoms with E-state index in [1.165, 1.54) is 0 Å². The lowest BCUT2D eigenvalue weighted by Crippen LogP contribution is -2.48. The minimum absolute atomic E-state index is 0.117. The van der Waals surface area contributed by atoms with E-state index in [1.54, 1.807) is 54.3 Å². The van der Waals surface area contributed by atoms with Crippen molar-refractivity contribution in [2.75, 3.05) is 56.2 Å². The number of hydrogen-bond donors (Lipinski definition) is 1. The third-order valence-electron chi connectivity index (χ3n) is 6.38. The molecule has 3 heterocycles. The van der Waals surface area contributed by atoms with Gasteiger partial charge in [0.1, 0.15) is 12.3 Å².